The molecule has 1 saturated heterocycles. The number of halogens is 1. The fourth-order valence-corrected chi connectivity index (χ4v) is 4.62. The fourth-order valence-electron chi connectivity index (χ4n) is 4.45. The van der Waals surface area contributed by atoms with Crippen LogP contribution in [0.2, 0.25) is 5.02 Å². The lowest BCUT2D eigenvalue weighted by Gasteiger charge is -2.28. The molecule has 9 heteroatoms. The SMILES string of the molecule is Cc1cc(C)c(-n2nccn2)c(C(=O)N2CCN(c3nc4cc(Cl)ccc4o3)CC[C@H]2C)c1. The van der Waals surface area contributed by atoms with Crippen LogP contribution in [0.25, 0.3) is 16.8 Å². The number of benzene rings is 2. The third kappa shape index (κ3) is 4.06. The molecule has 1 amide bonds. The summed E-state index contributed by atoms with van der Waals surface area (Å²) in [4.78, 5) is 24.0. The molecular weight excluding hydrogens is 440 g/mol. The van der Waals surface area contributed by atoms with Crippen molar-refractivity contribution >= 4 is 34.6 Å². The van der Waals surface area contributed by atoms with Gasteiger partial charge < -0.3 is 14.2 Å². The summed E-state index contributed by atoms with van der Waals surface area (Å²) in [6.45, 7) is 7.98. The van der Waals surface area contributed by atoms with E-state index in [9.17, 15) is 4.79 Å². The van der Waals surface area contributed by atoms with Crippen LogP contribution in [-0.4, -0.2) is 56.5 Å². The van der Waals surface area contributed by atoms with E-state index in [2.05, 4.69) is 27.0 Å². The fraction of sp³-hybridized carbons (Fsp3) is 0.333. The van der Waals surface area contributed by atoms with Crippen molar-refractivity contribution in [2.75, 3.05) is 24.5 Å². The zero-order valence-electron chi connectivity index (χ0n) is 18.8. The number of amides is 1. The van der Waals surface area contributed by atoms with Crippen LogP contribution in [0.5, 0.6) is 0 Å². The molecule has 5 rings (SSSR count). The lowest BCUT2D eigenvalue weighted by atomic mass is 10.0. The van der Waals surface area contributed by atoms with Gasteiger partial charge in [-0.05, 0) is 62.6 Å². The molecule has 2 aromatic heterocycles. The van der Waals surface area contributed by atoms with Gasteiger partial charge in [0, 0.05) is 30.7 Å². The molecule has 0 bridgehead atoms. The predicted octanol–water partition coefficient (Wildman–Crippen LogP) is 4.42. The number of nitrogens with zero attached hydrogens (tertiary/aromatic N) is 6. The summed E-state index contributed by atoms with van der Waals surface area (Å²) in [5, 5.41) is 9.18. The minimum absolute atomic E-state index is 0.0206. The summed E-state index contributed by atoms with van der Waals surface area (Å²) < 4.78 is 5.97. The van der Waals surface area contributed by atoms with Crippen molar-refractivity contribution in [1.29, 1.82) is 0 Å². The van der Waals surface area contributed by atoms with E-state index in [1.165, 1.54) is 4.80 Å². The summed E-state index contributed by atoms with van der Waals surface area (Å²) in [6, 6.07) is 10.00. The first-order chi connectivity index (χ1) is 15.9. The first-order valence-corrected chi connectivity index (χ1v) is 11.4. The summed E-state index contributed by atoms with van der Waals surface area (Å²) in [6.07, 6.45) is 4.03. The van der Waals surface area contributed by atoms with Crippen molar-refractivity contribution in [3.8, 4) is 5.69 Å². The molecule has 8 nitrogen and oxygen atoms in total. The largest absolute Gasteiger partial charge is 0.423 e. The van der Waals surface area contributed by atoms with Crippen molar-refractivity contribution in [3.05, 3.63) is 64.4 Å². The van der Waals surface area contributed by atoms with Crippen molar-refractivity contribution in [2.45, 2.75) is 33.2 Å². The molecule has 2 aromatic carbocycles. The highest BCUT2D eigenvalue weighted by molar-refractivity contribution is 6.31. The molecule has 1 atom stereocenters. The van der Waals surface area contributed by atoms with Crippen LogP contribution in [-0.2, 0) is 0 Å². The van der Waals surface area contributed by atoms with Crippen molar-refractivity contribution in [3.63, 3.8) is 0 Å². The Hall–Kier alpha value is -3.39. The average molecular weight is 465 g/mol. The van der Waals surface area contributed by atoms with Gasteiger partial charge in [-0.2, -0.15) is 20.0 Å². The second kappa shape index (κ2) is 8.51. The maximum absolute atomic E-state index is 13.8. The van der Waals surface area contributed by atoms with Crippen molar-refractivity contribution in [1.82, 2.24) is 24.9 Å². The Morgan fingerprint density at radius 1 is 1.09 bits per heavy atom. The Bertz CT molecular complexity index is 1320. The second-order valence-electron chi connectivity index (χ2n) is 8.53. The normalized spacial score (nSPS) is 16.9. The van der Waals surface area contributed by atoms with E-state index >= 15 is 0 Å². The Morgan fingerprint density at radius 2 is 1.88 bits per heavy atom. The third-order valence-corrected chi connectivity index (χ3v) is 6.36. The highest BCUT2D eigenvalue weighted by Gasteiger charge is 2.30. The summed E-state index contributed by atoms with van der Waals surface area (Å²) in [5.41, 5.74) is 4.76. The van der Waals surface area contributed by atoms with Crippen molar-refractivity contribution in [2.24, 2.45) is 0 Å². The minimum atomic E-state index is -0.0206. The number of carbonyl (C=O) groups excluding carboxylic acids is 1. The monoisotopic (exact) mass is 464 g/mol. The minimum Gasteiger partial charge on any atom is -0.423 e. The van der Waals surface area contributed by atoms with Crippen LogP contribution < -0.4 is 4.90 Å². The van der Waals surface area contributed by atoms with E-state index in [4.69, 9.17) is 16.0 Å². The molecule has 3 heterocycles. The second-order valence-corrected chi connectivity index (χ2v) is 8.96. The number of aromatic nitrogens is 4. The Morgan fingerprint density at radius 3 is 2.67 bits per heavy atom. The first kappa shape index (κ1) is 21.5. The molecule has 0 N–H and O–H groups in total. The summed E-state index contributed by atoms with van der Waals surface area (Å²) in [7, 11) is 0. The van der Waals surface area contributed by atoms with Gasteiger partial charge in [-0.15, -0.1) is 0 Å². The molecule has 0 radical (unpaired) electrons. The number of fused-ring (bicyclic) bond motifs is 1. The van der Waals surface area contributed by atoms with Gasteiger partial charge in [0.15, 0.2) is 5.58 Å². The van der Waals surface area contributed by atoms with Gasteiger partial charge in [0.1, 0.15) is 11.2 Å². The molecule has 0 spiro atoms. The van der Waals surface area contributed by atoms with Crippen LogP contribution in [0, 0.1) is 13.8 Å². The predicted molar refractivity (Wildman–Crippen MR) is 127 cm³/mol. The van der Waals surface area contributed by atoms with Gasteiger partial charge in [-0.3, -0.25) is 4.79 Å². The summed E-state index contributed by atoms with van der Waals surface area (Å²) in [5.74, 6) is -0.0206. The molecule has 170 valence electrons. The zero-order valence-corrected chi connectivity index (χ0v) is 19.6. The molecule has 1 aliphatic heterocycles. The van der Waals surface area contributed by atoms with Gasteiger partial charge in [0.25, 0.3) is 11.9 Å². The van der Waals surface area contributed by atoms with Gasteiger partial charge in [0.2, 0.25) is 0 Å². The quantitative estimate of drug-likeness (QED) is 0.446. The van der Waals surface area contributed by atoms with E-state index in [1.54, 1.807) is 24.5 Å². The molecule has 1 fully saturated rings. The number of oxazole rings is 1. The molecule has 0 aliphatic carbocycles. The molecule has 4 aromatic rings. The van der Waals surface area contributed by atoms with Gasteiger partial charge in [-0.1, -0.05) is 17.7 Å². The zero-order chi connectivity index (χ0) is 23.1. The lowest BCUT2D eigenvalue weighted by Crippen LogP contribution is -2.40. The number of carbonyl (C=O) groups is 1. The van der Waals surface area contributed by atoms with E-state index in [-0.39, 0.29) is 11.9 Å². The van der Waals surface area contributed by atoms with Gasteiger partial charge in [0.05, 0.1) is 18.0 Å². The smallest absolute Gasteiger partial charge is 0.298 e. The summed E-state index contributed by atoms with van der Waals surface area (Å²) >= 11 is 6.09. The van der Waals surface area contributed by atoms with E-state index in [1.807, 2.05) is 36.9 Å². The van der Waals surface area contributed by atoms with E-state index in [0.29, 0.717) is 35.3 Å². The number of anilines is 1. The topological polar surface area (TPSA) is 80.3 Å². The number of aryl methyl sites for hydroxylation is 2. The van der Waals surface area contributed by atoms with Crippen LogP contribution in [0.1, 0.15) is 34.8 Å². The Kier molecular flexibility index (Phi) is 5.54. The number of rotatable bonds is 3. The van der Waals surface area contributed by atoms with E-state index < -0.39 is 0 Å². The van der Waals surface area contributed by atoms with Crippen LogP contribution in [0.3, 0.4) is 0 Å². The average Bonchev–Trinajstić information content (AvgIpc) is 3.40. The van der Waals surface area contributed by atoms with Crippen LogP contribution in [0.4, 0.5) is 6.01 Å². The molecule has 33 heavy (non-hydrogen) atoms. The number of hydrogen-bond donors (Lipinski definition) is 0. The van der Waals surface area contributed by atoms with Crippen LogP contribution in [0.15, 0.2) is 47.1 Å². The van der Waals surface area contributed by atoms with Gasteiger partial charge >= 0.3 is 0 Å². The van der Waals surface area contributed by atoms with Gasteiger partial charge in [-0.25, -0.2) is 0 Å². The van der Waals surface area contributed by atoms with E-state index in [0.717, 1.165) is 35.3 Å². The Labute approximate surface area is 196 Å². The molecule has 0 saturated carbocycles. The highest BCUT2D eigenvalue weighted by Crippen LogP contribution is 2.28. The lowest BCUT2D eigenvalue weighted by molar-refractivity contribution is 0.0704. The first-order valence-electron chi connectivity index (χ1n) is 11.0. The number of hydrogen-bond acceptors (Lipinski definition) is 6. The van der Waals surface area contributed by atoms with Crippen molar-refractivity contribution < 1.29 is 9.21 Å². The maximum atomic E-state index is 13.8. The Balaban J connectivity index is 1.43. The molecule has 1 aliphatic rings. The standard InChI is InChI=1S/C24H25ClN6O2/c1-15-12-16(2)22(31-26-7-8-27-31)19(13-15)23(32)30-11-10-29(9-6-17(30)3)24-28-20-14-18(25)4-5-21(20)33-24/h4-5,7-8,12-14,17H,6,9-11H2,1-3H3/t17-/m1/s1. The molecule has 0 unspecified atom stereocenters. The third-order valence-electron chi connectivity index (χ3n) is 6.12. The maximum Gasteiger partial charge on any atom is 0.298 e. The van der Waals surface area contributed by atoms with Crippen LogP contribution >= 0.6 is 11.6 Å². The highest BCUT2D eigenvalue weighted by atomic mass is 35.5. The molecular formula is C24H25ClN6O2.